The molecule has 0 heterocycles. The first kappa shape index (κ1) is 26.1. The predicted molar refractivity (Wildman–Crippen MR) is 137 cm³/mol. The molecule has 0 unspecified atom stereocenters. The molecule has 0 nitrogen and oxygen atoms in total. The van der Waals surface area contributed by atoms with Crippen LogP contribution in [0.5, 0.6) is 0 Å². The highest BCUT2D eigenvalue weighted by Gasteiger charge is 2.42. The van der Waals surface area contributed by atoms with Gasteiger partial charge in [-0.25, -0.2) is 0 Å². The van der Waals surface area contributed by atoms with Gasteiger partial charge in [0.15, 0.2) is 0 Å². The lowest BCUT2D eigenvalue weighted by Gasteiger charge is -2.47. The van der Waals surface area contributed by atoms with E-state index in [0.29, 0.717) is 20.6 Å². The van der Waals surface area contributed by atoms with Gasteiger partial charge in [-0.1, -0.05) is 117 Å². The third kappa shape index (κ3) is 5.61. The molecule has 0 aliphatic heterocycles. The summed E-state index contributed by atoms with van der Waals surface area (Å²) in [6, 6.07) is 9.89. The van der Waals surface area contributed by atoms with E-state index in [1.54, 1.807) is 10.6 Å². The fraction of sp³-hybridized carbons (Fsp3) is 0.769. The average Bonchev–Trinajstić information content (AvgIpc) is 2.61. The first-order valence-corrected chi connectivity index (χ1v) is 14.1. The van der Waals surface area contributed by atoms with E-state index in [9.17, 15) is 0 Å². The van der Waals surface area contributed by atoms with Crippen LogP contribution in [0.2, 0.25) is 0 Å². The van der Waals surface area contributed by atoms with Crippen LogP contribution in [-0.4, -0.2) is 20.6 Å². The number of hydrogen-bond acceptors (Lipinski definition) is 0. The second kappa shape index (κ2) is 9.48. The standard InChI is InChI=1S/C26H48P2/c1-13-23(5,6)27(24(7,8)14-2)21-18-17-19-22(20-21)28(25(9,10)15-3)26(11,12)16-4/h17-20H,13-16H2,1-12H3. The second-order valence-electron chi connectivity index (χ2n) is 10.9. The van der Waals surface area contributed by atoms with Crippen LogP contribution in [0.1, 0.15) is 109 Å². The molecule has 0 amide bonds. The molecule has 0 bridgehead atoms. The Morgan fingerprint density at radius 2 is 0.786 bits per heavy atom. The molecule has 1 aromatic carbocycles. The van der Waals surface area contributed by atoms with Gasteiger partial charge in [-0.2, -0.15) is 0 Å². The van der Waals surface area contributed by atoms with E-state index >= 15 is 0 Å². The highest BCUT2D eigenvalue weighted by atomic mass is 31.1. The fourth-order valence-electron chi connectivity index (χ4n) is 4.44. The molecule has 0 aromatic heterocycles. The summed E-state index contributed by atoms with van der Waals surface area (Å²) < 4.78 is 0. The van der Waals surface area contributed by atoms with Crippen molar-refractivity contribution in [3.05, 3.63) is 24.3 Å². The minimum absolute atomic E-state index is 0.253. The second-order valence-corrected chi connectivity index (χ2v) is 18.1. The van der Waals surface area contributed by atoms with Gasteiger partial charge in [-0.05, 0) is 63.0 Å². The maximum absolute atomic E-state index is 2.64. The molecule has 0 radical (unpaired) electrons. The molecule has 0 aliphatic carbocycles. The van der Waals surface area contributed by atoms with Crippen LogP contribution in [-0.2, 0) is 0 Å². The lowest BCUT2D eigenvalue weighted by molar-refractivity contribution is 0.609. The summed E-state index contributed by atoms with van der Waals surface area (Å²) in [6.07, 6.45) is 4.95. The SMILES string of the molecule is CCC(C)(C)P(c1cccc(P(C(C)(C)CC)C(C)(C)CC)c1)C(C)(C)CC. The van der Waals surface area contributed by atoms with E-state index in [0.717, 1.165) is 0 Å². The zero-order valence-corrected chi connectivity index (χ0v) is 22.8. The van der Waals surface area contributed by atoms with Crippen molar-refractivity contribution in [2.75, 3.05) is 0 Å². The Bertz CT molecular complexity index is 542. The Hall–Kier alpha value is 0.0800. The molecule has 28 heavy (non-hydrogen) atoms. The third-order valence-corrected chi connectivity index (χ3v) is 14.9. The lowest BCUT2D eigenvalue weighted by atomic mass is 10.1. The molecule has 1 aromatic rings. The van der Waals surface area contributed by atoms with Crippen molar-refractivity contribution in [1.82, 2.24) is 0 Å². The molecule has 0 spiro atoms. The van der Waals surface area contributed by atoms with Gasteiger partial charge in [0.05, 0.1) is 0 Å². The quantitative estimate of drug-likeness (QED) is 0.331. The van der Waals surface area contributed by atoms with Gasteiger partial charge in [0.25, 0.3) is 0 Å². The van der Waals surface area contributed by atoms with Gasteiger partial charge >= 0.3 is 0 Å². The molecule has 2 heteroatoms. The van der Waals surface area contributed by atoms with Crippen molar-refractivity contribution < 1.29 is 0 Å². The number of benzene rings is 1. The van der Waals surface area contributed by atoms with E-state index in [-0.39, 0.29) is 15.8 Å². The topological polar surface area (TPSA) is 0 Å². The van der Waals surface area contributed by atoms with Crippen molar-refractivity contribution in [3.8, 4) is 0 Å². The van der Waals surface area contributed by atoms with E-state index in [4.69, 9.17) is 0 Å². The maximum Gasteiger partial charge on any atom is -0.0109 e. The Balaban J connectivity index is 3.65. The number of hydrogen-bond donors (Lipinski definition) is 0. The first-order valence-electron chi connectivity index (χ1n) is 11.4. The molecule has 0 aliphatic rings. The average molecular weight is 423 g/mol. The molecule has 0 saturated carbocycles. The molecule has 0 N–H and O–H groups in total. The Morgan fingerprint density at radius 3 is 1.00 bits per heavy atom. The van der Waals surface area contributed by atoms with Crippen LogP contribution in [0.25, 0.3) is 0 Å². The van der Waals surface area contributed by atoms with Crippen LogP contribution in [0.4, 0.5) is 0 Å². The highest BCUT2D eigenvalue weighted by Crippen LogP contribution is 2.63. The van der Waals surface area contributed by atoms with E-state index in [1.165, 1.54) is 25.7 Å². The molecular formula is C26H48P2. The zero-order chi connectivity index (χ0) is 22.0. The van der Waals surface area contributed by atoms with Crippen LogP contribution < -0.4 is 10.6 Å². The maximum atomic E-state index is 2.64. The van der Waals surface area contributed by atoms with Crippen LogP contribution >= 0.6 is 15.8 Å². The van der Waals surface area contributed by atoms with Gasteiger partial charge in [0, 0.05) is 0 Å². The Morgan fingerprint density at radius 1 is 0.536 bits per heavy atom. The van der Waals surface area contributed by atoms with Crippen molar-refractivity contribution in [3.63, 3.8) is 0 Å². The molecule has 1 rings (SSSR count). The monoisotopic (exact) mass is 422 g/mol. The normalized spacial score (nSPS) is 14.2. The molecule has 0 saturated heterocycles. The van der Waals surface area contributed by atoms with E-state index in [1.807, 2.05) is 0 Å². The van der Waals surface area contributed by atoms with Crippen LogP contribution in [0, 0.1) is 0 Å². The van der Waals surface area contributed by atoms with Crippen molar-refractivity contribution in [1.29, 1.82) is 0 Å². The zero-order valence-electron chi connectivity index (χ0n) is 21.0. The molecule has 0 fully saturated rings. The van der Waals surface area contributed by atoms with Crippen molar-refractivity contribution in [2.45, 2.75) is 129 Å². The summed E-state index contributed by atoms with van der Waals surface area (Å²) >= 11 is 0. The van der Waals surface area contributed by atoms with Gasteiger partial charge in [0.1, 0.15) is 0 Å². The minimum atomic E-state index is -0.253. The van der Waals surface area contributed by atoms with Gasteiger partial charge < -0.3 is 0 Å². The highest BCUT2D eigenvalue weighted by molar-refractivity contribution is 7.70. The van der Waals surface area contributed by atoms with Crippen molar-refractivity contribution in [2.24, 2.45) is 0 Å². The molecule has 162 valence electrons. The fourth-order valence-corrected chi connectivity index (χ4v) is 12.9. The first-order chi connectivity index (χ1) is 12.7. The lowest BCUT2D eigenvalue weighted by Crippen LogP contribution is -2.37. The van der Waals surface area contributed by atoms with Gasteiger partial charge in [-0.15, -0.1) is 0 Å². The third-order valence-electron chi connectivity index (χ3n) is 7.23. The summed E-state index contributed by atoms with van der Waals surface area (Å²) in [5, 5.41) is 4.68. The summed E-state index contributed by atoms with van der Waals surface area (Å²) in [4.78, 5) is 0. The predicted octanol–water partition coefficient (Wildman–Crippen LogP) is 8.66. The summed E-state index contributed by atoms with van der Waals surface area (Å²) in [5.74, 6) is 0. The smallest absolute Gasteiger partial charge is 0.0109 e. The van der Waals surface area contributed by atoms with Gasteiger partial charge in [0.2, 0.25) is 0 Å². The van der Waals surface area contributed by atoms with E-state index in [2.05, 4.69) is 107 Å². The number of rotatable bonds is 10. The summed E-state index contributed by atoms with van der Waals surface area (Å²) in [6.45, 7) is 29.5. The Kier molecular flexibility index (Phi) is 8.84. The van der Waals surface area contributed by atoms with Gasteiger partial charge in [-0.3, -0.25) is 0 Å². The van der Waals surface area contributed by atoms with Crippen LogP contribution in [0.15, 0.2) is 24.3 Å². The van der Waals surface area contributed by atoms with Crippen LogP contribution in [0.3, 0.4) is 0 Å². The molecular weight excluding hydrogens is 374 g/mol. The Labute approximate surface area is 180 Å². The molecule has 0 atom stereocenters. The van der Waals surface area contributed by atoms with E-state index < -0.39 is 0 Å². The minimum Gasteiger partial charge on any atom is -0.0645 e. The van der Waals surface area contributed by atoms with Crippen molar-refractivity contribution >= 4 is 26.5 Å². The largest absolute Gasteiger partial charge is 0.0645 e. The summed E-state index contributed by atoms with van der Waals surface area (Å²) in [5.41, 5.74) is 0. The summed E-state index contributed by atoms with van der Waals surface area (Å²) in [7, 11) is -0.507.